The summed E-state index contributed by atoms with van der Waals surface area (Å²) in [6.07, 6.45) is 9.20. The van der Waals surface area contributed by atoms with Crippen molar-refractivity contribution in [2.75, 3.05) is 10.6 Å². The SMILES string of the molecule is O=[N+]([O-])c1ccc2c(c1Sc1cccc3cnccc13)NC1(CCCCC1)N2. The zero-order chi connectivity index (χ0) is 19.1. The molecule has 1 aromatic heterocycles. The minimum atomic E-state index is -0.289. The first-order valence-electron chi connectivity index (χ1n) is 9.54. The van der Waals surface area contributed by atoms with E-state index in [0.29, 0.717) is 4.90 Å². The fourth-order valence-corrected chi connectivity index (χ4v) is 5.45. The largest absolute Gasteiger partial charge is 0.361 e. The van der Waals surface area contributed by atoms with Gasteiger partial charge in [-0.25, -0.2) is 0 Å². The van der Waals surface area contributed by atoms with Crippen molar-refractivity contribution in [3.05, 3.63) is 58.9 Å². The number of hydrogen-bond donors (Lipinski definition) is 2. The molecule has 0 amide bonds. The Balaban J connectivity index is 1.61. The van der Waals surface area contributed by atoms with Crippen LogP contribution in [0.1, 0.15) is 32.1 Å². The number of benzene rings is 2. The van der Waals surface area contributed by atoms with Gasteiger partial charge in [-0.3, -0.25) is 15.1 Å². The van der Waals surface area contributed by atoms with E-state index in [1.165, 1.54) is 18.2 Å². The molecule has 7 heteroatoms. The van der Waals surface area contributed by atoms with E-state index < -0.39 is 0 Å². The number of nitrogens with zero attached hydrogens (tertiary/aromatic N) is 2. The Morgan fingerprint density at radius 2 is 1.93 bits per heavy atom. The average molecular weight is 392 g/mol. The van der Waals surface area contributed by atoms with Gasteiger partial charge in [-0.05, 0) is 49.3 Å². The molecule has 1 aliphatic carbocycles. The van der Waals surface area contributed by atoms with Gasteiger partial charge in [0.25, 0.3) is 5.69 Å². The van der Waals surface area contributed by atoms with Crippen molar-refractivity contribution in [3.63, 3.8) is 0 Å². The highest BCUT2D eigenvalue weighted by molar-refractivity contribution is 8.00. The summed E-state index contributed by atoms with van der Waals surface area (Å²) >= 11 is 1.45. The molecule has 142 valence electrons. The Bertz CT molecular complexity index is 1070. The van der Waals surface area contributed by atoms with Gasteiger partial charge in [0.05, 0.1) is 16.3 Å². The van der Waals surface area contributed by atoms with E-state index in [1.54, 1.807) is 12.3 Å². The Morgan fingerprint density at radius 1 is 1.07 bits per heavy atom. The van der Waals surface area contributed by atoms with Gasteiger partial charge in [0.1, 0.15) is 10.6 Å². The molecule has 0 saturated heterocycles. The fraction of sp³-hybridized carbons (Fsp3) is 0.286. The molecule has 28 heavy (non-hydrogen) atoms. The van der Waals surface area contributed by atoms with Crippen molar-refractivity contribution >= 4 is 39.6 Å². The second-order valence-electron chi connectivity index (χ2n) is 7.44. The molecule has 1 aliphatic heterocycles. The van der Waals surface area contributed by atoms with Crippen LogP contribution in [0.25, 0.3) is 10.8 Å². The molecule has 3 aromatic rings. The smallest absolute Gasteiger partial charge is 0.285 e. The van der Waals surface area contributed by atoms with Crippen molar-refractivity contribution in [1.29, 1.82) is 0 Å². The number of anilines is 2. The van der Waals surface area contributed by atoms with Crippen LogP contribution in [0.4, 0.5) is 17.1 Å². The van der Waals surface area contributed by atoms with Crippen LogP contribution < -0.4 is 10.6 Å². The number of nitro benzene ring substituents is 1. The molecule has 5 rings (SSSR count). The van der Waals surface area contributed by atoms with Crippen LogP contribution in [0, 0.1) is 10.1 Å². The van der Waals surface area contributed by atoms with E-state index in [2.05, 4.69) is 15.6 Å². The topological polar surface area (TPSA) is 80.1 Å². The van der Waals surface area contributed by atoms with Crippen LogP contribution in [-0.2, 0) is 0 Å². The van der Waals surface area contributed by atoms with Gasteiger partial charge in [-0.15, -0.1) is 0 Å². The standard InChI is InChI=1S/C21H20N4O2S/c26-25(27)17-8-7-16-19(24-21(23-16)10-2-1-3-11-21)20(17)28-18-6-4-5-14-13-22-12-9-15(14)18/h4-9,12-13,23-24H,1-3,10-11H2. The van der Waals surface area contributed by atoms with E-state index in [9.17, 15) is 10.1 Å². The summed E-state index contributed by atoms with van der Waals surface area (Å²) in [4.78, 5) is 17.3. The molecule has 0 unspecified atom stereocenters. The first kappa shape index (κ1) is 17.3. The average Bonchev–Trinajstić information content (AvgIpc) is 3.06. The molecular weight excluding hydrogens is 372 g/mol. The lowest BCUT2D eigenvalue weighted by molar-refractivity contribution is -0.387. The Morgan fingerprint density at radius 3 is 2.75 bits per heavy atom. The predicted molar refractivity (Wildman–Crippen MR) is 112 cm³/mol. The number of rotatable bonds is 3. The van der Waals surface area contributed by atoms with E-state index in [-0.39, 0.29) is 16.3 Å². The van der Waals surface area contributed by atoms with Crippen LogP contribution in [0.15, 0.2) is 58.6 Å². The summed E-state index contributed by atoms with van der Waals surface area (Å²) in [5, 5.41) is 21.1. The fourth-order valence-electron chi connectivity index (χ4n) is 4.27. The number of hydrogen-bond acceptors (Lipinski definition) is 6. The summed E-state index contributed by atoms with van der Waals surface area (Å²) in [6, 6.07) is 11.4. The third-order valence-electron chi connectivity index (χ3n) is 5.63. The molecule has 1 spiro atoms. The molecule has 0 atom stereocenters. The number of aromatic nitrogens is 1. The monoisotopic (exact) mass is 392 g/mol. The molecule has 0 radical (unpaired) electrons. The van der Waals surface area contributed by atoms with E-state index in [1.807, 2.05) is 36.5 Å². The first-order valence-corrected chi connectivity index (χ1v) is 10.4. The zero-order valence-electron chi connectivity index (χ0n) is 15.3. The number of pyridine rings is 1. The van der Waals surface area contributed by atoms with Crippen molar-refractivity contribution in [3.8, 4) is 0 Å². The van der Waals surface area contributed by atoms with Gasteiger partial charge in [0.15, 0.2) is 0 Å². The van der Waals surface area contributed by atoms with Gasteiger partial charge < -0.3 is 10.6 Å². The maximum atomic E-state index is 11.8. The summed E-state index contributed by atoms with van der Waals surface area (Å²) in [5.74, 6) is 0. The van der Waals surface area contributed by atoms with Crippen molar-refractivity contribution in [1.82, 2.24) is 4.98 Å². The maximum Gasteiger partial charge on any atom is 0.285 e. The normalized spacial score (nSPS) is 17.1. The molecule has 6 nitrogen and oxygen atoms in total. The van der Waals surface area contributed by atoms with Gasteiger partial charge in [-0.1, -0.05) is 30.3 Å². The lowest BCUT2D eigenvalue weighted by Crippen LogP contribution is -2.43. The van der Waals surface area contributed by atoms with Gasteiger partial charge in [0, 0.05) is 28.7 Å². The highest BCUT2D eigenvalue weighted by Crippen LogP contribution is 2.51. The van der Waals surface area contributed by atoms with Crippen LogP contribution in [0.5, 0.6) is 0 Å². The molecule has 2 heterocycles. The van der Waals surface area contributed by atoms with E-state index in [4.69, 9.17) is 0 Å². The Labute approximate surface area is 166 Å². The predicted octanol–water partition coefficient (Wildman–Crippen LogP) is 5.79. The van der Waals surface area contributed by atoms with Crippen molar-refractivity contribution in [2.45, 2.75) is 47.6 Å². The minimum absolute atomic E-state index is 0.136. The third kappa shape index (κ3) is 2.86. The molecule has 2 aromatic carbocycles. The highest BCUT2D eigenvalue weighted by Gasteiger charge is 2.40. The first-order chi connectivity index (χ1) is 13.7. The van der Waals surface area contributed by atoms with E-state index in [0.717, 1.165) is 52.7 Å². The summed E-state index contributed by atoms with van der Waals surface area (Å²) in [5.41, 5.74) is 1.77. The van der Waals surface area contributed by atoms with Crippen molar-refractivity contribution in [2.24, 2.45) is 0 Å². The minimum Gasteiger partial charge on any atom is -0.361 e. The quantitative estimate of drug-likeness (QED) is 0.434. The van der Waals surface area contributed by atoms with Crippen LogP contribution in [-0.4, -0.2) is 15.6 Å². The van der Waals surface area contributed by atoms with Gasteiger partial charge in [0.2, 0.25) is 0 Å². The van der Waals surface area contributed by atoms with E-state index >= 15 is 0 Å². The molecule has 0 bridgehead atoms. The lowest BCUT2D eigenvalue weighted by atomic mass is 9.89. The highest BCUT2D eigenvalue weighted by atomic mass is 32.2. The molecule has 1 fully saturated rings. The molecule has 2 N–H and O–H groups in total. The van der Waals surface area contributed by atoms with Crippen LogP contribution in [0.2, 0.25) is 0 Å². The number of nitro groups is 1. The summed E-state index contributed by atoms with van der Waals surface area (Å²) in [7, 11) is 0. The Hall–Kier alpha value is -2.80. The maximum absolute atomic E-state index is 11.8. The zero-order valence-corrected chi connectivity index (χ0v) is 16.1. The van der Waals surface area contributed by atoms with Crippen LogP contribution >= 0.6 is 11.8 Å². The summed E-state index contributed by atoms with van der Waals surface area (Å²) in [6.45, 7) is 0. The van der Waals surface area contributed by atoms with Gasteiger partial charge >= 0.3 is 0 Å². The third-order valence-corrected chi connectivity index (χ3v) is 6.82. The van der Waals surface area contributed by atoms with Crippen LogP contribution in [0.3, 0.4) is 0 Å². The second kappa shape index (κ2) is 6.67. The van der Waals surface area contributed by atoms with Gasteiger partial charge in [-0.2, -0.15) is 0 Å². The molecule has 1 saturated carbocycles. The molecular formula is C21H20N4O2S. The molecule has 2 aliphatic rings. The number of fused-ring (bicyclic) bond motifs is 2. The lowest BCUT2D eigenvalue weighted by Gasteiger charge is -2.34. The Kier molecular flexibility index (Phi) is 4.12. The second-order valence-corrected chi connectivity index (χ2v) is 8.49. The van der Waals surface area contributed by atoms with Crippen molar-refractivity contribution < 1.29 is 4.92 Å². The summed E-state index contributed by atoms with van der Waals surface area (Å²) < 4.78 is 0. The number of nitrogens with one attached hydrogen (secondary N) is 2.